The monoisotopic (exact) mass is 264 g/mol. The molecule has 1 amide bonds. The minimum Gasteiger partial charge on any atom is -0.459 e. The number of hydrogen-bond acceptors (Lipinski definition) is 5. The van der Waals surface area contributed by atoms with Crippen LogP contribution in [0.2, 0.25) is 0 Å². The van der Waals surface area contributed by atoms with Crippen LogP contribution in [0.25, 0.3) is 11.7 Å². The van der Waals surface area contributed by atoms with Gasteiger partial charge in [0, 0.05) is 6.54 Å². The molecule has 1 unspecified atom stereocenters. The molecule has 0 aliphatic rings. The van der Waals surface area contributed by atoms with Crippen LogP contribution in [0.4, 0.5) is 0 Å². The van der Waals surface area contributed by atoms with Crippen LogP contribution >= 0.6 is 0 Å². The first kappa shape index (κ1) is 13.4. The van der Waals surface area contributed by atoms with Gasteiger partial charge in [-0.2, -0.15) is 0 Å². The van der Waals surface area contributed by atoms with Gasteiger partial charge in [0.2, 0.25) is 5.91 Å². The van der Waals surface area contributed by atoms with Crippen LogP contribution in [0.3, 0.4) is 0 Å². The third kappa shape index (κ3) is 3.45. The van der Waals surface area contributed by atoms with Gasteiger partial charge in [-0.05, 0) is 26.0 Å². The van der Waals surface area contributed by atoms with Crippen LogP contribution in [0, 0.1) is 6.92 Å². The summed E-state index contributed by atoms with van der Waals surface area (Å²) < 4.78 is 10.6. The molecule has 1 atom stereocenters. The maximum Gasteiger partial charge on any atom is 0.263 e. The van der Waals surface area contributed by atoms with Crippen LogP contribution < -0.4 is 5.32 Å². The number of oxazole rings is 1. The molecule has 2 rings (SSSR count). The van der Waals surface area contributed by atoms with Crippen LogP contribution in [0.1, 0.15) is 18.4 Å². The molecule has 0 saturated carbocycles. The SMILES string of the molecule is Cc1oc(-c2ccco2)nc1CC(=O)NCC(C)O. The lowest BCUT2D eigenvalue weighted by molar-refractivity contribution is -0.120. The molecule has 0 spiro atoms. The number of carbonyl (C=O) groups excluding carboxylic acids is 1. The van der Waals surface area contributed by atoms with Crippen LogP contribution in [0.5, 0.6) is 0 Å². The minimum atomic E-state index is -0.568. The molecule has 0 fully saturated rings. The zero-order chi connectivity index (χ0) is 13.8. The zero-order valence-corrected chi connectivity index (χ0v) is 10.8. The summed E-state index contributed by atoms with van der Waals surface area (Å²) in [6, 6.07) is 3.48. The number of nitrogens with zero attached hydrogens (tertiary/aromatic N) is 1. The van der Waals surface area contributed by atoms with Crippen molar-refractivity contribution in [3.8, 4) is 11.7 Å². The van der Waals surface area contributed by atoms with Crippen molar-refractivity contribution in [1.29, 1.82) is 0 Å². The number of aliphatic hydroxyl groups excluding tert-OH is 1. The molecule has 2 aromatic heterocycles. The van der Waals surface area contributed by atoms with Crippen molar-refractivity contribution in [3.63, 3.8) is 0 Å². The normalized spacial score (nSPS) is 12.4. The van der Waals surface area contributed by atoms with Gasteiger partial charge in [-0.15, -0.1) is 0 Å². The van der Waals surface area contributed by atoms with E-state index in [4.69, 9.17) is 13.9 Å². The van der Waals surface area contributed by atoms with E-state index in [1.54, 1.807) is 26.0 Å². The third-order valence-electron chi connectivity index (χ3n) is 2.55. The van der Waals surface area contributed by atoms with Crippen molar-refractivity contribution < 1.29 is 18.7 Å². The molecule has 0 bridgehead atoms. The summed E-state index contributed by atoms with van der Waals surface area (Å²) in [6.45, 7) is 3.58. The highest BCUT2D eigenvalue weighted by atomic mass is 16.4. The molecule has 2 aromatic rings. The van der Waals surface area contributed by atoms with Gasteiger partial charge in [0.05, 0.1) is 24.5 Å². The van der Waals surface area contributed by atoms with E-state index in [2.05, 4.69) is 10.3 Å². The highest BCUT2D eigenvalue weighted by molar-refractivity contribution is 5.78. The minimum absolute atomic E-state index is 0.114. The molecule has 19 heavy (non-hydrogen) atoms. The summed E-state index contributed by atoms with van der Waals surface area (Å²) >= 11 is 0. The summed E-state index contributed by atoms with van der Waals surface area (Å²) in [5, 5.41) is 11.7. The second-order valence-electron chi connectivity index (χ2n) is 4.33. The maximum atomic E-state index is 11.6. The van der Waals surface area contributed by atoms with Gasteiger partial charge in [-0.1, -0.05) is 0 Å². The summed E-state index contributed by atoms with van der Waals surface area (Å²) in [5.41, 5.74) is 0.564. The fourth-order valence-electron chi connectivity index (χ4n) is 1.57. The van der Waals surface area contributed by atoms with Crippen molar-refractivity contribution >= 4 is 5.91 Å². The van der Waals surface area contributed by atoms with E-state index in [-0.39, 0.29) is 18.9 Å². The molecule has 0 aliphatic carbocycles. The first-order chi connectivity index (χ1) is 9.06. The number of aryl methyl sites for hydroxylation is 1. The fraction of sp³-hybridized carbons (Fsp3) is 0.385. The van der Waals surface area contributed by atoms with Gasteiger partial charge in [0.1, 0.15) is 5.76 Å². The Morgan fingerprint density at radius 2 is 2.37 bits per heavy atom. The largest absolute Gasteiger partial charge is 0.459 e. The molecule has 0 radical (unpaired) electrons. The molecule has 0 aromatic carbocycles. The summed E-state index contributed by atoms with van der Waals surface area (Å²) in [5.74, 6) is 1.27. The van der Waals surface area contributed by atoms with Gasteiger partial charge in [0.25, 0.3) is 5.89 Å². The summed E-state index contributed by atoms with van der Waals surface area (Å²) in [6.07, 6.45) is 1.08. The zero-order valence-electron chi connectivity index (χ0n) is 10.8. The molecular formula is C13H16N2O4. The lowest BCUT2D eigenvalue weighted by Crippen LogP contribution is -2.31. The first-order valence-corrected chi connectivity index (χ1v) is 6.01. The Hall–Kier alpha value is -2.08. The third-order valence-corrected chi connectivity index (χ3v) is 2.55. The van der Waals surface area contributed by atoms with Crippen molar-refractivity contribution in [2.24, 2.45) is 0 Å². The van der Waals surface area contributed by atoms with Gasteiger partial charge in [-0.25, -0.2) is 4.98 Å². The van der Waals surface area contributed by atoms with Gasteiger partial charge in [-0.3, -0.25) is 4.79 Å². The van der Waals surface area contributed by atoms with E-state index in [9.17, 15) is 4.79 Å². The average Bonchev–Trinajstić information content (AvgIpc) is 2.97. The molecule has 0 aliphatic heterocycles. The highest BCUT2D eigenvalue weighted by Crippen LogP contribution is 2.22. The Morgan fingerprint density at radius 3 is 3.00 bits per heavy atom. The molecule has 2 N–H and O–H groups in total. The maximum absolute atomic E-state index is 11.6. The van der Waals surface area contributed by atoms with E-state index < -0.39 is 6.10 Å². The fourth-order valence-corrected chi connectivity index (χ4v) is 1.57. The molecule has 6 nitrogen and oxygen atoms in total. The average molecular weight is 264 g/mol. The van der Waals surface area contributed by atoms with Crippen molar-refractivity contribution in [2.75, 3.05) is 6.54 Å². The highest BCUT2D eigenvalue weighted by Gasteiger charge is 2.16. The van der Waals surface area contributed by atoms with Gasteiger partial charge >= 0.3 is 0 Å². The number of furan rings is 1. The van der Waals surface area contributed by atoms with Crippen molar-refractivity contribution in [3.05, 3.63) is 29.9 Å². The Morgan fingerprint density at radius 1 is 1.58 bits per heavy atom. The number of carbonyl (C=O) groups is 1. The second kappa shape index (κ2) is 5.71. The number of hydrogen-bond donors (Lipinski definition) is 2. The standard InChI is InChI=1S/C13H16N2O4/c1-8(16)7-14-12(17)6-10-9(2)19-13(15-10)11-4-3-5-18-11/h3-5,8,16H,6-7H2,1-2H3,(H,14,17). The predicted octanol–water partition coefficient (Wildman–Crippen LogP) is 1.28. The van der Waals surface area contributed by atoms with Crippen molar-refractivity contribution in [2.45, 2.75) is 26.4 Å². The summed E-state index contributed by atoms with van der Waals surface area (Å²) in [7, 11) is 0. The number of amides is 1. The molecule has 102 valence electrons. The second-order valence-corrected chi connectivity index (χ2v) is 4.33. The number of aromatic nitrogens is 1. The van der Waals surface area contributed by atoms with Crippen molar-refractivity contribution in [1.82, 2.24) is 10.3 Å². The molecular weight excluding hydrogens is 248 g/mol. The Bertz CT molecular complexity index is 543. The van der Waals surface area contributed by atoms with E-state index in [0.29, 0.717) is 23.1 Å². The molecule has 0 saturated heterocycles. The quantitative estimate of drug-likeness (QED) is 0.849. The number of aliphatic hydroxyl groups is 1. The lowest BCUT2D eigenvalue weighted by atomic mass is 10.2. The van der Waals surface area contributed by atoms with Crippen LogP contribution in [-0.2, 0) is 11.2 Å². The van der Waals surface area contributed by atoms with Gasteiger partial charge in [0.15, 0.2) is 5.76 Å². The summed E-state index contributed by atoms with van der Waals surface area (Å²) in [4.78, 5) is 15.9. The Kier molecular flexibility index (Phi) is 4.01. The van der Waals surface area contributed by atoms with E-state index in [1.165, 1.54) is 6.26 Å². The lowest BCUT2D eigenvalue weighted by Gasteiger charge is -2.05. The van der Waals surface area contributed by atoms with Crippen LogP contribution in [0.15, 0.2) is 27.2 Å². The van der Waals surface area contributed by atoms with E-state index in [0.717, 1.165) is 0 Å². The molecule has 2 heterocycles. The Labute approximate surface area is 110 Å². The van der Waals surface area contributed by atoms with E-state index in [1.807, 2.05) is 0 Å². The Balaban J connectivity index is 2.03. The van der Waals surface area contributed by atoms with Crippen LogP contribution in [-0.4, -0.2) is 28.6 Å². The topological polar surface area (TPSA) is 88.5 Å². The van der Waals surface area contributed by atoms with E-state index >= 15 is 0 Å². The number of nitrogens with one attached hydrogen (secondary N) is 1. The van der Waals surface area contributed by atoms with Gasteiger partial charge < -0.3 is 19.3 Å². The predicted molar refractivity (Wildman–Crippen MR) is 67.3 cm³/mol. The molecule has 6 heteroatoms. The number of rotatable bonds is 5. The smallest absolute Gasteiger partial charge is 0.263 e. The first-order valence-electron chi connectivity index (χ1n) is 6.01.